The van der Waals surface area contributed by atoms with Crippen LogP contribution < -0.4 is 15.8 Å². The van der Waals surface area contributed by atoms with E-state index in [2.05, 4.69) is 5.32 Å². The number of nitrogens with one attached hydrogen (secondary N) is 1. The van der Waals surface area contributed by atoms with Crippen molar-refractivity contribution in [3.63, 3.8) is 0 Å². The predicted octanol–water partition coefficient (Wildman–Crippen LogP) is 2.80. The van der Waals surface area contributed by atoms with Gasteiger partial charge in [-0.2, -0.15) is 0 Å². The molecule has 0 aliphatic rings. The molecule has 7 nitrogen and oxygen atoms in total. The number of hydrogen-bond acceptors (Lipinski definition) is 6. The van der Waals surface area contributed by atoms with Crippen molar-refractivity contribution in [2.24, 2.45) is 5.73 Å². The molecule has 1 rings (SSSR count). The quantitative estimate of drug-likeness (QED) is 0.557. The third-order valence-electron chi connectivity index (χ3n) is 3.13. The van der Waals surface area contributed by atoms with Crippen molar-refractivity contribution in [2.75, 3.05) is 13.2 Å². The van der Waals surface area contributed by atoms with E-state index in [4.69, 9.17) is 19.9 Å². The van der Waals surface area contributed by atoms with Gasteiger partial charge in [0.05, 0.1) is 6.54 Å². The lowest BCUT2D eigenvalue weighted by molar-refractivity contribution is -0.156. The molecular formula is C20H32N2O5. The summed E-state index contributed by atoms with van der Waals surface area (Å²) in [6, 6.07) is 6.57. The average Bonchev–Trinajstić information content (AvgIpc) is 2.49. The van der Waals surface area contributed by atoms with Gasteiger partial charge in [-0.15, -0.1) is 0 Å². The molecular weight excluding hydrogens is 348 g/mol. The van der Waals surface area contributed by atoms with Crippen molar-refractivity contribution in [1.82, 2.24) is 5.32 Å². The lowest BCUT2D eigenvalue weighted by Gasteiger charge is -2.22. The second kappa shape index (κ2) is 9.60. The van der Waals surface area contributed by atoms with Crippen molar-refractivity contribution < 1.29 is 23.8 Å². The molecule has 1 atom stereocenters. The summed E-state index contributed by atoms with van der Waals surface area (Å²) < 4.78 is 16.0. The molecule has 0 aliphatic carbocycles. The van der Waals surface area contributed by atoms with Crippen molar-refractivity contribution in [3.05, 3.63) is 29.8 Å². The normalized spacial score (nSPS) is 12.9. The third-order valence-corrected chi connectivity index (χ3v) is 3.13. The first-order valence-electron chi connectivity index (χ1n) is 9.03. The molecule has 0 fully saturated rings. The summed E-state index contributed by atoms with van der Waals surface area (Å²) in [7, 11) is 0. The topological polar surface area (TPSA) is 99.9 Å². The minimum Gasteiger partial charge on any atom is -0.492 e. The molecule has 7 heteroatoms. The number of hydrogen-bond donors (Lipinski definition) is 2. The predicted molar refractivity (Wildman–Crippen MR) is 104 cm³/mol. The lowest BCUT2D eigenvalue weighted by atomic mass is 10.1. The molecule has 1 aromatic rings. The van der Waals surface area contributed by atoms with Crippen molar-refractivity contribution in [3.8, 4) is 5.75 Å². The minimum atomic E-state index is -0.714. The van der Waals surface area contributed by atoms with Crippen LogP contribution in [-0.2, 0) is 20.7 Å². The number of nitrogens with two attached hydrogens (primary N) is 1. The fourth-order valence-electron chi connectivity index (χ4n) is 2.07. The Hall–Kier alpha value is -2.28. The van der Waals surface area contributed by atoms with Gasteiger partial charge in [-0.3, -0.25) is 4.79 Å². The summed E-state index contributed by atoms with van der Waals surface area (Å²) >= 11 is 0. The maximum Gasteiger partial charge on any atom is 0.407 e. The van der Waals surface area contributed by atoms with Crippen LogP contribution in [-0.4, -0.2) is 42.5 Å². The van der Waals surface area contributed by atoms with Gasteiger partial charge in [-0.05, 0) is 65.7 Å². The number of amides is 1. The van der Waals surface area contributed by atoms with E-state index in [9.17, 15) is 9.59 Å². The van der Waals surface area contributed by atoms with Gasteiger partial charge in [-0.25, -0.2) is 4.79 Å². The van der Waals surface area contributed by atoms with Gasteiger partial charge in [0.1, 0.15) is 29.6 Å². The molecule has 1 aromatic carbocycles. The first kappa shape index (κ1) is 22.8. The highest BCUT2D eigenvalue weighted by atomic mass is 16.6. The lowest BCUT2D eigenvalue weighted by Crippen LogP contribution is -2.38. The zero-order chi connectivity index (χ0) is 20.7. The molecule has 27 heavy (non-hydrogen) atoms. The number of carbonyl (C=O) groups excluding carboxylic acids is 2. The van der Waals surface area contributed by atoms with E-state index in [0.717, 1.165) is 5.56 Å². The van der Waals surface area contributed by atoms with Crippen LogP contribution in [0.4, 0.5) is 4.79 Å². The van der Waals surface area contributed by atoms with Crippen LogP contribution in [0.1, 0.15) is 47.1 Å². The van der Waals surface area contributed by atoms with Crippen LogP contribution in [0.15, 0.2) is 24.3 Å². The third kappa shape index (κ3) is 10.5. The highest BCUT2D eigenvalue weighted by molar-refractivity contribution is 5.76. The Labute approximate surface area is 161 Å². The van der Waals surface area contributed by atoms with Crippen LogP contribution >= 0.6 is 0 Å². The number of benzene rings is 1. The Morgan fingerprint density at radius 3 is 2.07 bits per heavy atom. The molecule has 3 N–H and O–H groups in total. The summed E-state index contributed by atoms with van der Waals surface area (Å²) in [4.78, 5) is 23.5. The highest BCUT2D eigenvalue weighted by Gasteiger charge is 2.22. The molecule has 0 aromatic heterocycles. The van der Waals surface area contributed by atoms with Crippen LogP contribution in [0.2, 0.25) is 0 Å². The molecule has 0 spiro atoms. The van der Waals surface area contributed by atoms with Crippen molar-refractivity contribution in [1.29, 1.82) is 0 Å². The zero-order valence-electron chi connectivity index (χ0n) is 17.1. The Bertz CT molecular complexity index is 615. The molecule has 0 radical (unpaired) electrons. The monoisotopic (exact) mass is 380 g/mol. The smallest absolute Gasteiger partial charge is 0.407 e. The van der Waals surface area contributed by atoms with Crippen molar-refractivity contribution in [2.45, 2.75) is 65.2 Å². The van der Waals surface area contributed by atoms with E-state index < -0.39 is 29.3 Å². The van der Waals surface area contributed by atoms with Gasteiger partial charge < -0.3 is 25.3 Å². The molecule has 0 unspecified atom stereocenters. The van der Waals surface area contributed by atoms with Gasteiger partial charge in [-0.1, -0.05) is 12.1 Å². The minimum absolute atomic E-state index is 0.315. The van der Waals surface area contributed by atoms with Gasteiger partial charge >= 0.3 is 12.1 Å². The number of alkyl carbamates (subject to hydrolysis) is 1. The standard InChI is InChI=1S/C20H32N2O5/c1-19(2,3)26-17(23)16(21)13-14-7-9-15(10-8-14)25-12-11-22-18(24)27-20(4,5)6/h7-10,16H,11-13,21H2,1-6H3,(H,22,24)/t16-/m0/s1. The summed E-state index contributed by atoms with van der Waals surface area (Å²) in [5, 5.41) is 2.62. The molecule has 152 valence electrons. The van der Waals surface area contributed by atoms with Gasteiger partial charge in [0.15, 0.2) is 0 Å². The second-order valence-corrected chi connectivity index (χ2v) is 8.27. The van der Waals surface area contributed by atoms with E-state index in [1.54, 1.807) is 53.7 Å². The summed E-state index contributed by atoms with van der Waals surface area (Å²) in [5.41, 5.74) is 5.73. The first-order valence-corrected chi connectivity index (χ1v) is 9.03. The SMILES string of the molecule is CC(C)(C)OC(=O)NCCOc1ccc(C[C@H](N)C(=O)OC(C)(C)C)cc1. The Morgan fingerprint density at radius 1 is 1.00 bits per heavy atom. The number of carbonyl (C=O) groups is 2. The Morgan fingerprint density at radius 2 is 1.56 bits per heavy atom. The fourth-order valence-corrected chi connectivity index (χ4v) is 2.07. The summed E-state index contributed by atoms with van der Waals surface area (Å²) in [5.74, 6) is 0.242. The number of esters is 1. The maximum atomic E-state index is 11.9. The van der Waals surface area contributed by atoms with Gasteiger partial charge in [0, 0.05) is 0 Å². The number of rotatable bonds is 7. The van der Waals surface area contributed by atoms with E-state index in [1.165, 1.54) is 0 Å². The van der Waals surface area contributed by atoms with E-state index in [1.807, 2.05) is 12.1 Å². The molecule has 0 saturated carbocycles. The molecule has 0 aliphatic heterocycles. The molecule has 0 heterocycles. The maximum absolute atomic E-state index is 11.9. The molecule has 0 bridgehead atoms. The van der Waals surface area contributed by atoms with Crippen LogP contribution in [0.5, 0.6) is 5.75 Å². The Balaban J connectivity index is 2.37. The first-order chi connectivity index (χ1) is 12.4. The molecule has 1 amide bonds. The second-order valence-electron chi connectivity index (χ2n) is 8.27. The fraction of sp³-hybridized carbons (Fsp3) is 0.600. The summed E-state index contributed by atoms with van der Waals surface area (Å²) in [6.07, 6.45) is -0.0901. The van der Waals surface area contributed by atoms with E-state index >= 15 is 0 Å². The Kier molecular flexibility index (Phi) is 8.09. The largest absolute Gasteiger partial charge is 0.492 e. The van der Waals surface area contributed by atoms with E-state index in [-0.39, 0.29) is 0 Å². The number of ether oxygens (including phenoxy) is 3. The van der Waals surface area contributed by atoms with Crippen LogP contribution in [0.3, 0.4) is 0 Å². The van der Waals surface area contributed by atoms with Crippen LogP contribution in [0, 0.1) is 0 Å². The average molecular weight is 380 g/mol. The van der Waals surface area contributed by atoms with Gasteiger partial charge in [0.2, 0.25) is 0 Å². The van der Waals surface area contributed by atoms with Crippen LogP contribution in [0.25, 0.3) is 0 Å². The van der Waals surface area contributed by atoms with E-state index in [0.29, 0.717) is 25.3 Å². The van der Waals surface area contributed by atoms with Gasteiger partial charge in [0.25, 0.3) is 0 Å². The molecule has 0 saturated heterocycles. The summed E-state index contributed by atoms with van der Waals surface area (Å²) in [6.45, 7) is 11.5. The van der Waals surface area contributed by atoms with Crippen molar-refractivity contribution >= 4 is 12.1 Å². The zero-order valence-corrected chi connectivity index (χ0v) is 17.1. The highest BCUT2D eigenvalue weighted by Crippen LogP contribution is 2.15.